The zero-order chi connectivity index (χ0) is 15.0. The zero-order valence-electron chi connectivity index (χ0n) is 11.3. The minimum absolute atomic E-state index is 0.0425. The van der Waals surface area contributed by atoms with E-state index in [2.05, 4.69) is 5.32 Å². The van der Waals surface area contributed by atoms with E-state index in [1.165, 1.54) is 0 Å². The predicted octanol–water partition coefficient (Wildman–Crippen LogP) is 2.89. The molecule has 4 nitrogen and oxygen atoms in total. The van der Waals surface area contributed by atoms with Crippen molar-refractivity contribution in [1.82, 2.24) is 5.32 Å². The number of hydrogen-bond donors (Lipinski definition) is 4. The molecule has 2 aromatic rings. The van der Waals surface area contributed by atoms with Crippen LogP contribution < -0.4 is 5.32 Å². The molecule has 0 amide bonds. The highest BCUT2D eigenvalue weighted by Crippen LogP contribution is 2.35. The topological polar surface area (TPSA) is 72.7 Å². The van der Waals surface area contributed by atoms with E-state index in [1.807, 2.05) is 6.07 Å². The minimum atomic E-state index is -0.105. The van der Waals surface area contributed by atoms with Gasteiger partial charge < -0.3 is 20.6 Å². The fourth-order valence-corrected chi connectivity index (χ4v) is 2.97. The lowest BCUT2D eigenvalue weighted by atomic mass is 9.90. The molecule has 1 aliphatic rings. The van der Waals surface area contributed by atoms with E-state index in [0.717, 1.165) is 29.7 Å². The van der Waals surface area contributed by atoms with Crippen molar-refractivity contribution in [1.29, 1.82) is 0 Å². The van der Waals surface area contributed by atoms with Gasteiger partial charge in [0.1, 0.15) is 5.75 Å². The number of hydrogen-bond acceptors (Lipinski definition) is 4. The standard InChI is InChI=1S/C16H16ClNO3/c17-12-5-9(1-2-14(12)19)6-13-11-8-16(21)15(20)7-10(11)3-4-18-13/h1-2,5,7-8,13,18-21H,3-4,6H2. The van der Waals surface area contributed by atoms with Crippen LogP contribution in [0.25, 0.3) is 0 Å². The Hall–Kier alpha value is -1.91. The van der Waals surface area contributed by atoms with Gasteiger partial charge in [0.05, 0.1) is 5.02 Å². The van der Waals surface area contributed by atoms with Crippen molar-refractivity contribution >= 4 is 11.6 Å². The van der Waals surface area contributed by atoms with Crippen LogP contribution in [0.1, 0.15) is 22.7 Å². The van der Waals surface area contributed by atoms with Gasteiger partial charge in [0.15, 0.2) is 11.5 Å². The molecular formula is C16H16ClNO3. The molecule has 0 fully saturated rings. The number of aromatic hydroxyl groups is 3. The summed E-state index contributed by atoms with van der Waals surface area (Å²) in [5.41, 5.74) is 3.02. The van der Waals surface area contributed by atoms with Gasteiger partial charge in [0.25, 0.3) is 0 Å². The quantitative estimate of drug-likeness (QED) is 0.644. The molecule has 21 heavy (non-hydrogen) atoms. The molecule has 2 aromatic carbocycles. The van der Waals surface area contributed by atoms with E-state index < -0.39 is 0 Å². The Morgan fingerprint density at radius 3 is 2.57 bits per heavy atom. The summed E-state index contributed by atoms with van der Waals surface area (Å²) in [5.74, 6) is -0.117. The highest BCUT2D eigenvalue weighted by molar-refractivity contribution is 6.32. The Balaban J connectivity index is 1.91. The third-order valence-electron chi connectivity index (χ3n) is 3.85. The van der Waals surface area contributed by atoms with Crippen LogP contribution in [0.5, 0.6) is 17.2 Å². The zero-order valence-corrected chi connectivity index (χ0v) is 12.1. The Labute approximate surface area is 127 Å². The number of phenolic OH excluding ortho intramolecular Hbond substituents is 3. The summed E-state index contributed by atoms with van der Waals surface area (Å²) in [5, 5.41) is 32.5. The van der Waals surface area contributed by atoms with Gasteiger partial charge in [-0.25, -0.2) is 0 Å². The molecule has 0 saturated heterocycles. The molecule has 0 spiro atoms. The number of halogens is 1. The van der Waals surface area contributed by atoms with Gasteiger partial charge in [-0.05, 0) is 60.3 Å². The van der Waals surface area contributed by atoms with Crippen LogP contribution in [0.3, 0.4) is 0 Å². The number of benzene rings is 2. The van der Waals surface area contributed by atoms with Crippen LogP contribution in [-0.2, 0) is 12.8 Å². The van der Waals surface area contributed by atoms with Crippen molar-refractivity contribution in [3.63, 3.8) is 0 Å². The van der Waals surface area contributed by atoms with Gasteiger partial charge in [0, 0.05) is 6.04 Å². The molecule has 4 N–H and O–H groups in total. The predicted molar refractivity (Wildman–Crippen MR) is 81.0 cm³/mol. The average molecular weight is 306 g/mol. The third kappa shape index (κ3) is 2.77. The maximum absolute atomic E-state index is 9.71. The van der Waals surface area contributed by atoms with E-state index in [0.29, 0.717) is 11.4 Å². The van der Waals surface area contributed by atoms with Gasteiger partial charge in [0.2, 0.25) is 0 Å². The molecule has 0 aromatic heterocycles. The number of phenols is 3. The van der Waals surface area contributed by atoms with E-state index in [9.17, 15) is 15.3 Å². The summed E-state index contributed by atoms with van der Waals surface area (Å²) in [6, 6.07) is 8.44. The van der Waals surface area contributed by atoms with Gasteiger partial charge in [-0.15, -0.1) is 0 Å². The summed E-state index contributed by atoms with van der Waals surface area (Å²) < 4.78 is 0. The Bertz CT molecular complexity index is 687. The summed E-state index contributed by atoms with van der Waals surface area (Å²) in [6.07, 6.45) is 1.51. The van der Waals surface area contributed by atoms with E-state index in [4.69, 9.17) is 11.6 Å². The molecule has 0 aliphatic carbocycles. The highest BCUT2D eigenvalue weighted by Gasteiger charge is 2.22. The highest BCUT2D eigenvalue weighted by atomic mass is 35.5. The second-order valence-corrected chi connectivity index (χ2v) is 5.69. The normalized spacial score (nSPS) is 17.5. The smallest absolute Gasteiger partial charge is 0.157 e. The maximum atomic E-state index is 9.71. The van der Waals surface area contributed by atoms with Crippen LogP contribution in [0.4, 0.5) is 0 Å². The third-order valence-corrected chi connectivity index (χ3v) is 4.15. The van der Waals surface area contributed by atoms with Crippen LogP contribution in [0, 0.1) is 0 Å². The summed E-state index contributed by atoms with van der Waals surface area (Å²) in [7, 11) is 0. The lowest BCUT2D eigenvalue weighted by molar-refractivity contribution is 0.398. The molecule has 110 valence electrons. The van der Waals surface area contributed by atoms with Crippen LogP contribution in [0.2, 0.25) is 5.02 Å². The largest absolute Gasteiger partial charge is 0.506 e. The average Bonchev–Trinajstić information content (AvgIpc) is 2.45. The van der Waals surface area contributed by atoms with E-state index in [-0.39, 0.29) is 23.3 Å². The van der Waals surface area contributed by atoms with Crippen molar-refractivity contribution in [2.45, 2.75) is 18.9 Å². The van der Waals surface area contributed by atoms with E-state index in [1.54, 1.807) is 24.3 Å². The van der Waals surface area contributed by atoms with Crippen LogP contribution in [0.15, 0.2) is 30.3 Å². The Morgan fingerprint density at radius 2 is 1.81 bits per heavy atom. The first-order valence-corrected chi connectivity index (χ1v) is 7.18. The van der Waals surface area contributed by atoms with Crippen LogP contribution in [-0.4, -0.2) is 21.9 Å². The molecule has 1 aliphatic heterocycles. The first kappa shape index (κ1) is 14.0. The van der Waals surface area contributed by atoms with Crippen molar-refractivity contribution in [2.24, 2.45) is 0 Å². The first-order chi connectivity index (χ1) is 10.0. The second-order valence-electron chi connectivity index (χ2n) is 5.29. The molecule has 1 unspecified atom stereocenters. The van der Waals surface area contributed by atoms with Crippen LogP contribution >= 0.6 is 11.6 Å². The minimum Gasteiger partial charge on any atom is -0.506 e. The number of rotatable bonds is 2. The summed E-state index contributed by atoms with van der Waals surface area (Å²) in [4.78, 5) is 0. The molecular weight excluding hydrogens is 290 g/mol. The van der Waals surface area contributed by atoms with Crippen molar-refractivity contribution in [3.8, 4) is 17.2 Å². The molecule has 1 heterocycles. The molecule has 0 radical (unpaired) electrons. The monoisotopic (exact) mass is 305 g/mol. The fraction of sp³-hybridized carbons (Fsp3) is 0.250. The molecule has 5 heteroatoms. The SMILES string of the molecule is Oc1cc2c(cc1O)C(Cc1ccc(O)c(Cl)c1)NCC2. The van der Waals surface area contributed by atoms with Gasteiger partial charge in [-0.1, -0.05) is 17.7 Å². The number of fused-ring (bicyclic) bond motifs is 1. The van der Waals surface area contributed by atoms with Crippen molar-refractivity contribution < 1.29 is 15.3 Å². The van der Waals surface area contributed by atoms with Gasteiger partial charge in [-0.2, -0.15) is 0 Å². The molecule has 1 atom stereocenters. The Morgan fingerprint density at radius 1 is 1.05 bits per heavy atom. The van der Waals surface area contributed by atoms with Crippen molar-refractivity contribution in [2.75, 3.05) is 6.54 Å². The summed E-state index contributed by atoms with van der Waals surface area (Å²) >= 11 is 5.93. The lowest BCUT2D eigenvalue weighted by Gasteiger charge is -2.27. The van der Waals surface area contributed by atoms with Gasteiger partial charge in [-0.3, -0.25) is 0 Å². The molecule has 0 saturated carbocycles. The molecule has 3 rings (SSSR count). The maximum Gasteiger partial charge on any atom is 0.157 e. The number of nitrogens with one attached hydrogen (secondary N) is 1. The molecule has 0 bridgehead atoms. The van der Waals surface area contributed by atoms with Crippen molar-refractivity contribution in [3.05, 3.63) is 52.0 Å². The second kappa shape index (κ2) is 5.47. The van der Waals surface area contributed by atoms with E-state index >= 15 is 0 Å². The fourth-order valence-electron chi connectivity index (χ4n) is 2.76. The first-order valence-electron chi connectivity index (χ1n) is 6.80. The van der Waals surface area contributed by atoms with Gasteiger partial charge >= 0.3 is 0 Å². The Kier molecular flexibility index (Phi) is 3.66. The summed E-state index contributed by atoms with van der Waals surface area (Å²) in [6.45, 7) is 0.813. The lowest BCUT2D eigenvalue weighted by Crippen LogP contribution is -2.31.